The zero-order chi connectivity index (χ0) is 32.4. The third kappa shape index (κ3) is 12.0. The van der Waals surface area contributed by atoms with Crippen molar-refractivity contribution in [3.05, 3.63) is 194 Å². The van der Waals surface area contributed by atoms with Gasteiger partial charge in [-0.1, -0.05) is 109 Å². The zero-order valence-electron chi connectivity index (χ0n) is 26.1. The van der Waals surface area contributed by atoms with Gasteiger partial charge in [0.2, 0.25) is 0 Å². The Labute approximate surface area is 290 Å². The van der Waals surface area contributed by atoms with Gasteiger partial charge in [0.05, 0.1) is 15.8 Å². The largest absolute Gasteiger partial charge is 0.102 e. The molecule has 0 spiro atoms. The molecular formula is C41H40Cl2P2Ru+2. The molecule has 0 N–H and O–H groups in total. The van der Waals surface area contributed by atoms with Gasteiger partial charge in [0.25, 0.3) is 0 Å². The summed E-state index contributed by atoms with van der Waals surface area (Å²) in [5.41, 5.74) is 1.24. The van der Waals surface area contributed by atoms with Crippen molar-refractivity contribution in [3.63, 3.8) is 0 Å². The van der Waals surface area contributed by atoms with E-state index in [2.05, 4.69) is 182 Å². The third-order valence-electron chi connectivity index (χ3n) is 6.86. The number of hydrogen-bond donors (Lipinski definition) is 0. The Balaban J connectivity index is 0.000000170. The van der Waals surface area contributed by atoms with Crippen LogP contribution in [0.5, 0.6) is 0 Å². The standard InChI is InChI=1S/2C18H15P.C5H8.2ClH.Ru/c2*1-4-10-16(11-5-1)19(17-12-6-2-7-13-17)18-14-8-3-9-15-18;1-4-5(2)3;;;/h2*1-15H;1,4H,2-3H3;2*1H;/q;;;;;+2. The molecule has 0 radical (unpaired) electrons. The maximum absolute atomic E-state index is 5.53. The molecule has 6 aromatic rings. The molecule has 0 saturated carbocycles. The Hall–Kier alpha value is -3.01. The van der Waals surface area contributed by atoms with Gasteiger partial charge in [-0.25, -0.2) is 0 Å². The van der Waals surface area contributed by atoms with Crippen LogP contribution in [0, 0.1) is 0 Å². The zero-order valence-corrected chi connectivity index (χ0v) is 31.3. The molecule has 0 aromatic heterocycles. The fraction of sp³-hybridized carbons (Fsp3) is 0.0488. The SMILES string of the molecule is CC(C)=C[CH]=[Ru]([Cl])[Cl].c1ccc([PH+](c2ccccc2)c2ccccc2)cc1.c1ccc([PH+](c2ccccc2)c2ccccc2)cc1. The molecule has 0 nitrogen and oxygen atoms in total. The van der Waals surface area contributed by atoms with Gasteiger partial charge in [-0.2, -0.15) is 0 Å². The minimum Gasteiger partial charge on any atom is -0.0620 e. The molecule has 0 aliphatic carbocycles. The van der Waals surface area contributed by atoms with Crippen molar-refractivity contribution in [2.45, 2.75) is 13.8 Å². The molecule has 46 heavy (non-hydrogen) atoms. The van der Waals surface area contributed by atoms with Crippen molar-refractivity contribution >= 4 is 71.7 Å². The van der Waals surface area contributed by atoms with E-state index in [0.29, 0.717) is 0 Å². The minimum absolute atomic E-state index is 0.877. The Bertz CT molecular complexity index is 1420. The van der Waals surface area contributed by atoms with E-state index in [1.165, 1.54) is 37.4 Å². The van der Waals surface area contributed by atoms with Crippen LogP contribution in [0.2, 0.25) is 0 Å². The van der Waals surface area contributed by atoms with E-state index in [1.54, 1.807) is 0 Å². The van der Waals surface area contributed by atoms with Crippen LogP contribution in [-0.2, 0) is 13.5 Å². The first kappa shape index (κ1) is 35.8. The normalized spacial score (nSPS) is 10.5. The van der Waals surface area contributed by atoms with Crippen molar-refractivity contribution in [2.24, 2.45) is 0 Å². The first-order valence-electron chi connectivity index (χ1n) is 15.1. The van der Waals surface area contributed by atoms with Crippen molar-refractivity contribution < 1.29 is 13.5 Å². The number of rotatable bonds is 7. The van der Waals surface area contributed by atoms with Crippen molar-refractivity contribution in [2.75, 3.05) is 0 Å². The molecule has 0 bridgehead atoms. The summed E-state index contributed by atoms with van der Waals surface area (Å²) in [6, 6.07) is 65.0. The molecule has 0 aliphatic heterocycles. The summed E-state index contributed by atoms with van der Waals surface area (Å²) in [5, 5.41) is 8.61. The van der Waals surface area contributed by atoms with Crippen LogP contribution < -0.4 is 31.8 Å². The maximum atomic E-state index is 5.53. The van der Waals surface area contributed by atoms with E-state index in [-0.39, 0.29) is 0 Å². The van der Waals surface area contributed by atoms with E-state index in [4.69, 9.17) is 19.4 Å². The third-order valence-corrected chi connectivity index (χ3v) is 14.1. The molecule has 0 amide bonds. The number of hydrogen-bond acceptors (Lipinski definition) is 0. The first-order chi connectivity index (χ1) is 22.5. The summed E-state index contributed by atoms with van der Waals surface area (Å²) < 4.78 is 1.88. The predicted octanol–water partition coefficient (Wildman–Crippen LogP) is 9.03. The second-order valence-corrected chi connectivity index (χ2v) is 21.3. The molecule has 6 rings (SSSR count). The average Bonchev–Trinajstić information content (AvgIpc) is 3.11. The summed E-state index contributed by atoms with van der Waals surface area (Å²) in [4.78, 5) is 0. The van der Waals surface area contributed by atoms with Crippen LogP contribution in [-0.4, -0.2) is 4.61 Å². The van der Waals surface area contributed by atoms with Crippen LogP contribution in [0.4, 0.5) is 0 Å². The van der Waals surface area contributed by atoms with Gasteiger partial charge in [-0.15, -0.1) is 0 Å². The van der Waals surface area contributed by atoms with E-state index < -0.39 is 29.4 Å². The van der Waals surface area contributed by atoms with Crippen molar-refractivity contribution in [1.82, 2.24) is 0 Å². The summed E-state index contributed by atoms with van der Waals surface area (Å²) in [5.74, 6) is 0. The van der Waals surface area contributed by atoms with Gasteiger partial charge in [0.1, 0.15) is 31.8 Å². The van der Waals surface area contributed by atoms with Gasteiger partial charge in [0.15, 0.2) is 0 Å². The molecule has 0 unspecified atom stereocenters. The molecule has 0 heterocycles. The van der Waals surface area contributed by atoms with E-state index in [1.807, 2.05) is 24.5 Å². The van der Waals surface area contributed by atoms with Gasteiger partial charge in [-0.3, -0.25) is 0 Å². The summed E-state index contributed by atoms with van der Waals surface area (Å²) >= 11 is -1.52. The Kier molecular flexibility index (Phi) is 15.8. The monoisotopic (exact) mass is 766 g/mol. The number of benzene rings is 6. The molecular weight excluding hydrogens is 726 g/mol. The van der Waals surface area contributed by atoms with E-state index in [0.717, 1.165) is 0 Å². The smallest absolute Gasteiger partial charge is 0.0620 e. The summed E-state index contributed by atoms with van der Waals surface area (Å²) in [7, 11) is 9.31. The van der Waals surface area contributed by atoms with Gasteiger partial charge in [0, 0.05) is 0 Å². The van der Waals surface area contributed by atoms with E-state index in [9.17, 15) is 0 Å². The molecule has 0 fully saturated rings. The van der Waals surface area contributed by atoms with E-state index >= 15 is 0 Å². The second-order valence-electron chi connectivity index (χ2n) is 10.5. The quantitative estimate of drug-likeness (QED) is 0.113. The Morgan fingerprint density at radius 2 is 0.587 bits per heavy atom. The topological polar surface area (TPSA) is 0 Å². The van der Waals surface area contributed by atoms with Crippen LogP contribution in [0.3, 0.4) is 0 Å². The van der Waals surface area contributed by atoms with Crippen molar-refractivity contribution in [1.29, 1.82) is 0 Å². The summed E-state index contributed by atoms with van der Waals surface area (Å²) in [6.45, 7) is 4.03. The minimum atomic E-state index is -1.52. The molecule has 0 saturated heterocycles. The average molecular weight is 767 g/mol. The number of halogens is 2. The van der Waals surface area contributed by atoms with Crippen LogP contribution >= 0.6 is 35.2 Å². The molecule has 234 valence electrons. The molecule has 0 atom stereocenters. The molecule has 0 aliphatic rings. The number of allylic oxidation sites excluding steroid dienone is 2. The van der Waals surface area contributed by atoms with Crippen molar-refractivity contribution in [3.8, 4) is 0 Å². The molecule has 5 heteroatoms. The van der Waals surface area contributed by atoms with Crippen LogP contribution in [0.1, 0.15) is 13.8 Å². The van der Waals surface area contributed by atoms with Crippen LogP contribution in [0.25, 0.3) is 0 Å². The second kappa shape index (κ2) is 20.3. The maximum Gasteiger partial charge on any atom is 0.102 e. The Morgan fingerprint density at radius 1 is 0.391 bits per heavy atom. The Morgan fingerprint density at radius 3 is 0.717 bits per heavy atom. The van der Waals surface area contributed by atoms with Gasteiger partial charge in [-0.05, 0) is 72.8 Å². The predicted molar refractivity (Wildman–Crippen MR) is 210 cm³/mol. The molecule has 6 aromatic carbocycles. The van der Waals surface area contributed by atoms with Gasteiger partial charge < -0.3 is 0 Å². The summed E-state index contributed by atoms with van der Waals surface area (Å²) in [6.07, 6.45) is 1.96. The fourth-order valence-electron chi connectivity index (χ4n) is 4.79. The van der Waals surface area contributed by atoms with Crippen LogP contribution in [0.15, 0.2) is 194 Å². The van der Waals surface area contributed by atoms with Gasteiger partial charge >= 0.3 is 63.0 Å². The first-order valence-corrected chi connectivity index (χ1v) is 23.5. The fourth-order valence-corrected chi connectivity index (χ4v) is 11.3.